The van der Waals surface area contributed by atoms with E-state index in [1.165, 1.54) is 12.5 Å². The molecule has 0 atom stereocenters. The van der Waals surface area contributed by atoms with Crippen LogP contribution in [0.2, 0.25) is 0 Å². The van der Waals surface area contributed by atoms with Crippen LogP contribution >= 0.6 is 0 Å². The van der Waals surface area contributed by atoms with Gasteiger partial charge in [-0.1, -0.05) is 24.8 Å². The van der Waals surface area contributed by atoms with Crippen LogP contribution in [0.1, 0.15) is 5.69 Å². The predicted molar refractivity (Wildman–Crippen MR) is 67.8 cm³/mol. The second-order valence-corrected chi connectivity index (χ2v) is 4.03. The second-order valence-electron chi connectivity index (χ2n) is 4.03. The second kappa shape index (κ2) is 4.45. The standard InChI is InChI=1S/C14H15NO2/c1-10(14(16)17-3)8-12-9-11-6-4-5-7-13(11)15(12)2/h4-7,9H,1,8H2,2-3H3. The topological polar surface area (TPSA) is 31.2 Å². The van der Waals surface area contributed by atoms with Gasteiger partial charge in [0.05, 0.1) is 7.11 Å². The Morgan fingerprint density at radius 3 is 2.76 bits per heavy atom. The monoisotopic (exact) mass is 229 g/mol. The van der Waals surface area contributed by atoms with Gasteiger partial charge in [-0.05, 0) is 17.5 Å². The number of nitrogens with zero attached hydrogens (tertiary/aromatic N) is 1. The zero-order valence-corrected chi connectivity index (χ0v) is 10.1. The predicted octanol–water partition coefficient (Wildman–Crippen LogP) is 2.45. The number of rotatable bonds is 3. The van der Waals surface area contributed by atoms with Gasteiger partial charge in [-0.2, -0.15) is 0 Å². The van der Waals surface area contributed by atoms with Crippen LogP contribution in [0.25, 0.3) is 10.9 Å². The van der Waals surface area contributed by atoms with Gasteiger partial charge in [-0.25, -0.2) is 4.79 Å². The van der Waals surface area contributed by atoms with Gasteiger partial charge < -0.3 is 9.30 Å². The minimum Gasteiger partial charge on any atom is -0.466 e. The van der Waals surface area contributed by atoms with Crippen molar-refractivity contribution in [1.29, 1.82) is 0 Å². The lowest BCUT2D eigenvalue weighted by atomic mass is 10.1. The van der Waals surface area contributed by atoms with Crippen molar-refractivity contribution in [2.24, 2.45) is 7.05 Å². The number of para-hydroxylation sites is 1. The third kappa shape index (κ3) is 2.09. The van der Waals surface area contributed by atoms with Crippen LogP contribution in [0.4, 0.5) is 0 Å². The summed E-state index contributed by atoms with van der Waals surface area (Å²) in [4.78, 5) is 11.3. The molecule has 1 heterocycles. The molecule has 1 aromatic carbocycles. The summed E-state index contributed by atoms with van der Waals surface area (Å²) >= 11 is 0. The molecule has 0 saturated heterocycles. The van der Waals surface area contributed by atoms with E-state index in [0.29, 0.717) is 12.0 Å². The summed E-state index contributed by atoms with van der Waals surface area (Å²) in [6.07, 6.45) is 0.512. The fraction of sp³-hybridized carbons (Fsp3) is 0.214. The van der Waals surface area contributed by atoms with Gasteiger partial charge in [0, 0.05) is 30.3 Å². The fourth-order valence-corrected chi connectivity index (χ4v) is 1.95. The van der Waals surface area contributed by atoms with E-state index in [2.05, 4.69) is 34.1 Å². The summed E-state index contributed by atoms with van der Waals surface area (Å²) in [7, 11) is 3.36. The van der Waals surface area contributed by atoms with Crippen molar-refractivity contribution in [1.82, 2.24) is 4.57 Å². The molecule has 0 aliphatic rings. The Morgan fingerprint density at radius 1 is 1.41 bits per heavy atom. The highest BCUT2D eigenvalue weighted by molar-refractivity contribution is 5.88. The van der Waals surface area contributed by atoms with Gasteiger partial charge in [0.25, 0.3) is 0 Å². The zero-order valence-electron chi connectivity index (χ0n) is 10.1. The molecule has 0 N–H and O–H groups in total. The Morgan fingerprint density at radius 2 is 2.12 bits per heavy atom. The minimum atomic E-state index is -0.352. The number of carbonyl (C=O) groups excluding carboxylic acids is 1. The van der Waals surface area contributed by atoms with Gasteiger partial charge in [-0.15, -0.1) is 0 Å². The van der Waals surface area contributed by atoms with Crippen LogP contribution in [-0.4, -0.2) is 17.6 Å². The number of fused-ring (bicyclic) bond motifs is 1. The molecule has 0 aliphatic heterocycles. The molecule has 1 aromatic heterocycles. The molecule has 17 heavy (non-hydrogen) atoms. The average molecular weight is 229 g/mol. The van der Waals surface area contributed by atoms with Gasteiger partial charge in [0.15, 0.2) is 0 Å². The van der Waals surface area contributed by atoms with Crippen molar-refractivity contribution in [3.8, 4) is 0 Å². The van der Waals surface area contributed by atoms with Crippen molar-refractivity contribution in [3.63, 3.8) is 0 Å². The third-order valence-corrected chi connectivity index (χ3v) is 2.92. The molecule has 3 heteroatoms. The number of benzene rings is 1. The minimum absolute atomic E-state index is 0.352. The van der Waals surface area contributed by atoms with Crippen LogP contribution in [0, 0.1) is 0 Å². The molecule has 0 amide bonds. The summed E-state index contributed by atoms with van der Waals surface area (Å²) in [5.41, 5.74) is 2.68. The lowest BCUT2D eigenvalue weighted by Crippen LogP contribution is -2.08. The van der Waals surface area contributed by atoms with E-state index in [1.54, 1.807) is 0 Å². The van der Waals surface area contributed by atoms with Crippen molar-refractivity contribution in [3.05, 3.63) is 48.2 Å². The van der Waals surface area contributed by atoms with Crippen LogP contribution in [0.5, 0.6) is 0 Å². The van der Waals surface area contributed by atoms with Crippen LogP contribution in [-0.2, 0) is 23.0 Å². The van der Waals surface area contributed by atoms with Gasteiger partial charge >= 0.3 is 5.97 Å². The summed E-state index contributed by atoms with van der Waals surface area (Å²) < 4.78 is 6.72. The lowest BCUT2D eigenvalue weighted by molar-refractivity contribution is -0.136. The molecular weight excluding hydrogens is 214 g/mol. The fourth-order valence-electron chi connectivity index (χ4n) is 1.95. The number of hydrogen-bond donors (Lipinski definition) is 0. The van der Waals surface area contributed by atoms with Crippen molar-refractivity contribution >= 4 is 16.9 Å². The normalized spacial score (nSPS) is 10.5. The molecule has 0 unspecified atom stereocenters. The number of carbonyl (C=O) groups is 1. The molecule has 3 nitrogen and oxygen atoms in total. The number of aryl methyl sites for hydroxylation is 1. The Hall–Kier alpha value is -2.03. The largest absolute Gasteiger partial charge is 0.466 e. The molecule has 0 saturated carbocycles. The molecule has 2 aromatic rings. The number of esters is 1. The first-order valence-electron chi connectivity index (χ1n) is 5.43. The first kappa shape index (κ1) is 11.5. The lowest BCUT2D eigenvalue weighted by Gasteiger charge is -2.05. The first-order chi connectivity index (χ1) is 8.13. The summed E-state index contributed by atoms with van der Waals surface area (Å²) in [6, 6.07) is 10.2. The molecular formula is C14H15NO2. The van der Waals surface area contributed by atoms with E-state index in [9.17, 15) is 4.79 Å². The Kier molecular flexibility index (Phi) is 3.00. The summed E-state index contributed by atoms with van der Waals surface area (Å²) in [5, 5.41) is 1.17. The molecule has 0 bridgehead atoms. The van der Waals surface area contributed by atoms with E-state index in [0.717, 1.165) is 11.2 Å². The van der Waals surface area contributed by atoms with Crippen LogP contribution in [0.15, 0.2) is 42.5 Å². The van der Waals surface area contributed by atoms with E-state index < -0.39 is 0 Å². The molecule has 0 fully saturated rings. The quantitative estimate of drug-likeness (QED) is 0.598. The Balaban J connectivity index is 2.34. The molecule has 0 radical (unpaired) electrons. The third-order valence-electron chi connectivity index (χ3n) is 2.92. The first-order valence-corrected chi connectivity index (χ1v) is 5.43. The van der Waals surface area contributed by atoms with Gasteiger partial charge in [-0.3, -0.25) is 0 Å². The highest BCUT2D eigenvalue weighted by atomic mass is 16.5. The zero-order chi connectivity index (χ0) is 12.4. The van der Waals surface area contributed by atoms with Crippen LogP contribution in [0.3, 0.4) is 0 Å². The molecule has 88 valence electrons. The summed E-state index contributed by atoms with van der Waals surface area (Å²) in [6.45, 7) is 3.74. The van der Waals surface area contributed by atoms with E-state index >= 15 is 0 Å². The number of aromatic nitrogens is 1. The Labute approximate surface area is 100 Å². The van der Waals surface area contributed by atoms with Crippen molar-refractivity contribution < 1.29 is 9.53 Å². The van der Waals surface area contributed by atoms with E-state index in [4.69, 9.17) is 0 Å². The number of methoxy groups -OCH3 is 1. The maximum absolute atomic E-state index is 11.3. The maximum Gasteiger partial charge on any atom is 0.333 e. The number of ether oxygens (including phenoxy) is 1. The summed E-state index contributed by atoms with van der Waals surface area (Å²) in [5.74, 6) is -0.352. The van der Waals surface area contributed by atoms with Crippen molar-refractivity contribution in [2.45, 2.75) is 6.42 Å². The van der Waals surface area contributed by atoms with Crippen molar-refractivity contribution in [2.75, 3.05) is 7.11 Å². The maximum atomic E-state index is 11.3. The molecule has 0 spiro atoms. The van der Waals surface area contributed by atoms with E-state index in [1.807, 2.05) is 19.2 Å². The SMILES string of the molecule is C=C(Cc1cc2ccccc2n1C)C(=O)OC. The molecule has 0 aliphatic carbocycles. The highest BCUT2D eigenvalue weighted by Crippen LogP contribution is 2.20. The van der Waals surface area contributed by atoms with Gasteiger partial charge in [0.1, 0.15) is 0 Å². The highest BCUT2D eigenvalue weighted by Gasteiger charge is 2.11. The van der Waals surface area contributed by atoms with Crippen LogP contribution < -0.4 is 0 Å². The Bertz CT molecular complexity index is 581. The van der Waals surface area contributed by atoms with Gasteiger partial charge in [0.2, 0.25) is 0 Å². The average Bonchev–Trinajstić information content (AvgIpc) is 2.66. The number of hydrogen-bond acceptors (Lipinski definition) is 2. The van der Waals surface area contributed by atoms with E-state index in [-0.39, 0.29) is 5.97 Å². The smallest absolute Gasteiger partial charge is 0.333 e. The molecule has 2 rings (SSSR count).